The maximum Gasteiger partial charge on any atom is 0.236 e. The molecule has 1 heterocycles. The molecule has 2 atom stereocenters. The molecular formula is C17H27N3O. The van der Waals surface area contributed by atoms with Crippen molar-refractivity contribution < 1.29 is 4.79 Å². The van der Waals surface area contributed by atoms with Crippen LogP contribution in [0, 0.1) is 0 Å². The number of hydrogen-bond donors (Lipinski definition) is 2. The monoisotopic (exact) mass is 289 g/mol. The third-order valence-corrected chi connectivity index (χ3v) is 4.34. The van der Waals surface area contributed by atoms with E-state index < -0.39 is 6.04 Å². The van der Waals surface area contributed by atoms with Gasteiger partial charge >= 0.3 is 0 Å². The first-order valence-electron chi connectivity index (χ1n) is 8.02. The molecule has 1 aromatic rings. The highest BCUT2D eigenvalue weighted by Crippen LogP contribution is 2.15. The molecule has 0 radical (unpaired) electrons. The van der Waals surface area contributed by atoms with Crippen molar-refractivity contribution in [2.24, 2.45) is 5.73 Å². The van der Waals surface area contributed by atoms with Gasteiger partial charge < -0.3 is 11.1 Å². The minimum absolute atomic E-state index is 0.0196. The first kappa shape index (κ1) is 16.0. The molecule has 21 heavy (non-hydrogen) atoms. The van der Waals surface area contributed by atoms with Crippen molar-refractivity contribution in [3.63, 3.8) is 0 Å². The van der Waals surface area contributed by atoms with Crippen LogP contribution in [0.2, 0.25) is 0 Å². The maximum absolute atomic E-state index is 12.1. The number of benzene rings is 1. The molecule has 1 aliphatic rings. The fraction of sp³-hybridized carbons (Fsp3) is 0.588. The molecule has 0 bridgehead atoms. The zero-order chi connectivity index (χ0) is 15.1. The van der Waals surface area contributed by atoms with E-state index in [0.29, 0.717) is 12.5 Å². The van der Waals surface area contributed by atoms with E-state index in [1.54, 1.807) is 0 Å². The van der Waals surface area contributed by atoms with Crippen LogP contribution in [0.1, 0.15) is 31.7 Å². The lowest BCUT2D eigenvalue weighted by atomic mass is 10.1. The summed E-state index contributed by atoms with van der Waals surface area (Å²) in [6.07, 6.45) is 3.94. The van der Waals surface area contributed by atoms with Crippen molar-refractivity contribution in [2.75, 3.05) is 19.6 Å². The Morgan fingerprint density at radius 1 is 1.43 bits per heavy atom. The van der Waals surface area contributed by atoms with Crippen LogP contribution in [0.15, 0.2) is 30.3 Å². The molecule has 1 aromatic carbocycles. The van der Waals surface area contributed by atoms with Crippen molar-refractivity contribution in [3.8, 4) is 0 Å². The van der Waals surface area contributed by atoms with E-state index in [2.05, 4.69) is 29.3 Å². The zero-order valence-corrected chi connectivity index (χ0v) is 12.9. The molecule has 0 saturated carbocycles. The van der Waals surface area contributed by atoms with E-state index in [-0.39, 0.29) is 5.91 Å². The summed E-state index contributed by atoms with van der Waals surface area (Å²) in [7, 11) is 0. The molecule has 1 amide bonds. The molecule has 0 aliphatic carbocycles. The van der Waals surface area contributed by atoms with Crippen LogP contribution in [0.25, 0.3) is 0 Å². The third kappa shape index (κ3) is 4.83. The number of carbonyl (C=O) groups excluding carboxylic acids is 1. The summed E-state index contributed by atoms with van der Waals surface area (Å²) in [5, 5.41) is 3.02. The Bertz CT molecular complexity index is 435. The average Bonchev–Trinajstić information content (AvgIpc) is 2.98. The highest BCUT2D eigenvalue weighted by Gasteiger charge is 2.24. The largest absolute Gasteiger partial charge is 0.353 e. The summed E-state index contributed by atoms with van der Waals surface area (Å²) >= 11 is 0. The van der Waals surface area contributed by atoms with Crippen LogP contribution >= 0.6 is 0 Å². The molecule has 116 valence electrons. The summed E-state index contributed by atoms with van der Waals surface area (Å²) in [5.74, 6) is -0.0196. The van der Waals surface area contributed by atoms with Crippen LogP contribution in [-0.4, -0.2) is 42.5 Å². The van der Waals surface area contributed by atoms with Crippen molar-refractivity contribution in [3.05, 3.63) is 35.9 Å². The number of likely N-dealkylation sites (tertiary alicyclic amines) is 1. The molecular weight excluding hydrogens is 262 g/mol. The van der Waals surface area contributed by atoms with Crippen LogP contribution < -0.4 is 11.1 Å². The van der Waals surface area contributed by atoms with Gasteiger partial charge in [0.25, 0.3) is 0 Å². The van der Waals surface area contributed by atoms with Crippen molar-refractivity contribution in [1.82, 2.24) is 10.2 Å². The smallest absolute Gasteiger partial charge is 0.236 e. The van der Waals surface area contributed by atoms with Crippen molar-refractivity contribution >= 4 is 5.91 Å². The average molecular weight is 289 g/mol. The number of nitrogens with one attached hydrogen (secondary N) is 1. The molecule has 0 aromatic heterocycles. The van der Waals surface area contributed by atoms with Gasteiger partial charge in [-0.15, -0.1) is 0 Å². The summed E-state index contributed by atoms with van der Waals surface area (Å²) in [5.41, 5.74) is 7.22. The van der Waals surface area contributed by atoms with Crippen LogP contribution in [0.3, 0.4) is 0 Å². The lowest BCUT2D eigenvalue weighted by molar-refractivity contribution is -0.122. The Labute approximate surface area is 127 Å². The van der Waals surface area contributed by atoms with Crippen molar-refractivity contribution in [1.29, 1.82) is 0 Å². The summed E-state index contributed by atoms with van der Waals surface area (Å²) < 4.78 is 0. The fourth-order valence-corrected chi connectivity index (χ4v) is 2.99. The van der Waals surface area contributed by atoms with Crippen LogP contribution in [0.5, 0.6) is 0 Å². The van der Waals surface area contributed by atoms with Crippen molar-refractivity contribution in [2.45, 2.75) is 44.7 Å². The quantitative estimate of drug-likeness (QED) is 0.800. The number of likely N-dealkylation sites (N-methyl/N-ethyl adjacent to an activating group) is 1. The Morgan fingerprint density at radius 2 is 2.19 bits per heavy atom. The van der Waals surface area contributed by atoms with Gasteiger partial charge in [0.05, 0.1) is 6.04 Å². The Balaban J connectivity index is 1.70. The minimum atomic E-state index is -0.415. The SMILES string of the molecule is CCN1CCCC1CNC(=O)[C@@H](N)CCc1ccccc1. The highest BCUT2D eigenvalue weighted by atomic mass is 16.2. The second-order valence-electron chi connectivity index (χ2n) is 5.80. The van der Waals surface area contributed by atoms with Crippen LogP contribution in [0.4, 0.5) is 0 Å². The normalized spacial score (nSPS) is 20.4. The lowest BCUT2D eigenvalue weighted by Gasteiger charge is -2.23. The maximum atomic E-state index is 12.1. The van der Waals surface area contributed by atoms with E-state index in [4.69, 9.17) is 5.73 Å². The number of carbonyl (C=O) groups is 1. The van der Waals surface area contributed by atoms with Crippen LogP contribution in [-0.2, 0) is 11.2 Å². The first-order chi connectivity index (χ1) is 10.2. The van der Waals surface area contributed by atoms with E-state index in [1.165, 1.54) is 18.4 Å². The second-order valence-corrected chi connectivity index (χ2v) is 5.80. The summed E-state index contributed by atoms with van der Waals surface area (Å²) in [6, 6.07) is 10.2. The van der Waals surface area contributed by atoms with Gasteiger partial charge in [-0.1, -0.05) is 37.3 Å². The van der Waals surface area contributed by atoms with E-state index >= 15 is 0 Å². The predicted octanol–water partition coefficient (Wildman–Crippen LogP) is 1.55. The Kier molecular flexibility index (Phi) is 6.21. The number of hydrogen-bond acceptors (Lipinski definition) is 3. The van der Waals surface area contributed by atoms with E-state index in [0.717, 1.165) is 26.1 Å². The van der Waals surface area contributed by atoms with Gasteiger partial charge in [-0.05, 0) is 44.3 Å². The Morgan fingerprint density at radius 3 is 2.90 bits per heavy atom. The number of aryl methyl sites for hydroxylation is 1. The fourth-order valence-electron chi connectivity index (χ4n) is 2.99. The summed E-state index contributed by atoms with van der Waals surface area (Å²) in [4.78, 5) is 14.5. The summed E-state index contributed by atoms with van der Waals surface area (Å²) in [6.45, 7) is 5.11. The van der Waals surface area contributed by atoms with E-state index in [9.17, 15) is 4.79 Å². The lowest BCUT2D eigenvalue weighted by Crippen LogP contribution is -2.46. The van der Waals surface area contributed by atoms with Gasteiger partial charge in [0.2, 0.25) is 5.91 Å². The molecule has 3 N–H and O–H groups in total. The van der Waals surface area contributed by atoms with Gasteiger partial charge in [0, 0.05) is 12.6 Å². The molecule has 4 nitrogen and oxygen atoms in total. The Hall–Kier alpha value is -1.39. The molecule has 4 heteroatoms. The number of nitrogens with two attached hydrogens (primary N) is 1. The number of nitrogens with zero attached hydrogens (tertiary/aromatic N) is 1. The molecule has 2 rings (SSSR count). The molecule has 1 aliphatic heterocycles. The number of amides is 1. The van der Waals surface area contributed by atoms with Gasteiger partial charge in [-0.2, -0.15) is 0 Å². The molecule has 1 unspecified atom stereocenters. The number of rotatable bonds is 7. The minimum Gasteiger partial charge on any atom is -0.353 e. The third-order valence-electron chi connectivity index (χ3n) is 4.34. The first-order valence-corrected chi connectivity index (χ1v) is 8.02. The zero-order valence-electron chi connectivity index (χ0n) is 12.9. The highest BCUT2D eigenvalue weighted by molar-refractivity contribution is 5.81. The second kappa shape index (κ2) is 8.15. The molecule has 1 fully saturated rings. The topological polar surface area (TPSA) is 58.4 Å². The van der Waals surface area contributed by atoms with Gasteiger partial charge in [0.15, 0.2) is 0 Å². The predicted molar refractivity (Wildman–Crippen MR) is 86.0 cm³/mol. The standard InChI is InChI=1S/C17H27N3O/c1-2-20-12-6-9-15(20)13-19-17(21)16(18)11-10-14-7-4-3-5-8-14/h3-5,7-8,15-16H,2,6,9-13,18H2,1H3,(H,19,21)/t15?,16-/m0/s1. The van der Waals surface area contributed by atoms with Gasteiger partial charge in [0.1, 0.15) is 0 Å². The molecule has 0 spiro atoms. The van der Waals surface area contributed by atoms with Gasteiger partial charge in [-0.3, -0.25) is 9.69 Å². The van der Waals surface area contributed by atoms with E-state index in [1.807, 2.05) is 18.2 Å². The molecule has 1 saturated heterocycles. The van der Waals surface area contributed by atoms with Gasteiger partial charge in [-0.25, -0.2) is 0 Å².